The standard InChI is InChI=1S/C25H20ClFN4O2S/c1-25(24(33)28-14-16-4-6-17(26)7-5-16)15-30-21(13-20(29-30)22-3-2-12-34-22)23(32)31(25)19-10-8-18(27)9-11-19/h2-13H,14-15H2,1H3,(H,28,33)/t25-/m1/s1. The van der Waals surface area contributed by atoms with Gasteiger partial charge in [-0.15, -0.1) is 11.3 Å². The van der Waals surface area contributed by atoms with E-state index in [2.05, 4.69) is 10.4 Å². The second-order valence-electron chi connectivity index (χ2n) is 8.25. The van der Waals surface area contributed by atoms with E-state index < -0.39 is 11.4 Å². The molecule has 0 bridgehead atoms. The minimum Gasteiger partial charge on any atom is -0.350 e. The Bertz CT molecular complexity index is 1350. The molecule has 34 heavy (non-hydrogen) atoms. The highest BCUT2D eigenvalue weighted by Gasteiger charge is 2.48. The van der Waals surface area contributed by atoms with E-state index in [4.69, 9.17) is 11.6 Å². The summed E-state index contributed by atoms with van der Waals surface area (Å²) in [5.41, 5.74) is 1.05. The average Bonchev–Trinajstić information content (AvgIpc) is 3.50. The number of hydrogen-bond donors (Lipinski definition) is 1. The molecule has 2 aromatic heterocycles. The fraction of sp³-hybridized carbons (Fsp3) is 0.160. The molecular weight excluding hydrogens is 475 g/mol. The number of nitrogens with zero attached hydrogens (tertiary/aromatic N) is 3. The molecule has 5 rings (SSSR count). The number of anilines is 1. The first-order valence-corrected chi connectivity index (χ1v) is 11.9. The maximum absolute atomic E-state index is 13.7. The molecule has 6 nitrogen and oxygen atoms in total. The lowest BCUT2D eigenvalue weighted by Gasteiger charge is -2.43. The number of halogens is 2. The second-order valence-corrected chi connectivity index (χ2v) is 9.63. The van der Waals surface area contributed by atoms with Gasteiger partial charge in [-0.2, -0.15) is 5.10 Å². The van der Waals surface area contributed by atoms with Gasteiger partial charge in [0.05, 0.1) is 11.4 Å². The third-order valence-corrected chi connectivity index (χ3v) is 7.01. The minimum absolute atomic E-state index is 0.142. The molecule has 0 spiro atoms. The van der Waals surface area contributed by atoms with Crippen LogP contribution in [-0.2, 0) is 17.9 Å². The first-order chi connectivity index (χ1) is 16.3. The maximum Gasteiger partial charge on any atom is 0.277 e. The molecule has 0 unspecified atom stereocenters. The van der Waals surface area contributed by atoms with Crippen molar-refractivity contribution in [1.82, 2.24) is 15.1 Å². The van der Waals surface area contributed by atoms with Crippen molar-refractivity contribution in [3.63, 3.8) is 0 Å². The van der Waals surface area contributed by atoms with Crippen molar-refractivity contribution in [1.29, 1.82) is 0 Å². The molecule has 1 aliphatic heterocycles. The number of amides is 2. The molecule has 1 atom stereocenters. The van der Waals surface area contributed by atoms with Crippen molar-refractivity contribution >= 4 is 40.4 Å². The number of fused-ring (bicyclic) bond motifs is 1. The summed E-state index contributed by atoms with van der Waals surface area (Å²) >= 11 is 7.47. The van der Waals surface area contributed by atoms with Gasteiger partial charge in [-0.05, 0) is 66.4 Å². The van der Waals surface area contributed by atoms with E-state index in [9.17, 15) is 14.0 Å². The molecule has 1 N–H and O–H groups in total. The van der Waals surface area contributed by atoms with Crippen molar-refractivity contribution in [2.75, 3.05) is 4.90 Å². The van der Waals surface area contributed by atoms with Crippen molar-refractivity contribution in [3.05, 3.63) is 94.2 Å². The van der Waals surface area contributed by atoms with Crippen molar-refractivity contribution in [3.8, 4) is 10.6 Å². The van der Waals surface area contributed by atoms with Gasteiger partial charge < -0.3 is 5.32 Å². The highest BCUT2D eigenvalue weighted by Crippen LogP contribution is 2.35. The first-order valence-electron chi connectivity index (χ1n) is 10.6. The van der Waals surface area contributed by atoms with Crippen LogP contribution in [-0.4, -0.2) is 27.1 Å². The number of thiophene rings is 1. The molecule has 2 amide bonds. The number of aromatic nitrogens is 2. The monoisotopic (exact) mass is 494 g/mol. The molecule has 0 fully saturated rings. The normalized spacial score (nSPS) is 17.5. The number of hydrogen-bond acceptors (Lipinski definition) is 4. The Morgan fingerprint density at radius 1 is 1.18 bits per heavy atom. The van der Waals surface area contributed by atoms with E-state index in [1.54, 1.807) is 29.8 Å². The van der Waals surface area contributed by atoms with Gasteiger partial charge in [-0.25, -0.2) is 4.39 Å². The molecule has 2 aromatic carbocycles. The molecule has 0 radical (unpaired) electrons. The van der Waals surface area contributed by atoms with Crippen LogP contribution in [0.5, 0.6) is 0 Å². The quantitative estimate of drug-likeness (QED) is 0.418. The molecule has 3 heterocycles. The third-order valence-electron chi connectivity index (χ3n) is 5.87. The lowest BCUT2D eigenvalue weighted by molar-refractivity contribution is -0.126. The Labute approximate surface area is 204 Å². The van der Waals surface area contributed by atoms with E-state index in [0.717, 1.165) is 10.4 Å². The Kier molecular flexibility index (Phi) is 5.71. The van der Waals surface area contributed by atoms with Crippen molar-refractivity contribution in [2.45, 2.75) is 25.6 Å². The van der Waals surface area contributed by atoms with Gasteiger partial charge in [0.15, 0.2) is 0 Å². The fourth-order valence-corrected chi connectivity index (χ4v) is 4.90. The van der Waals surface area contributed by atoms with Gasteiger partial charge in [0.2, 0.25) is 5.91 Å². The minimum atomic E-state index is -1.30. The lowest BCUT2D eigenvalue weighted by atomic mass is 9.94. The van der Waals surface area contributed by atoms with Gasteiger partial charge in [0.1, 0.15) is 22.7 Å². The van der Waals surface area contributed by atoms with Crippen LogP contribution in [0.3, 0.4) is 0 Å². The van der Waals surface area contributed by atoms with Gasteiger partial charge in [0, 0.05) is 17.3 Å². The first kappa shape index (κ1) is 22.3. The molecule has 1 aliphatic rings. The van der Waals surface area contributed by atoms with E-state index in [0.29, 0.717) is 22.1 Å². The number of rotatable bonds is 5. The zero-order chi connectivity index (χ0) is 23.9. The maximum atomic E-state index is 13.7. The Morgan fingerprint density at radius 3 is 2.59 bits per heavy atom. The zero-order valence-corrected chi connectivity index (χ0v) is 19.7. The Morgan fingerprint density at radius 2 is 1.91 bits per heavy atom. The van der Waals surface area contributed by atoms with E-state index in [1.165, 1.54) is 40.5 Å². The number of carbonyl (C=O) groups is 2. The van der Waals surface area contributed by atoms with E-state index >= 15 is 0 Å². The van der Waals surface area contributed by atoms with Crippen LogP contribution in [0.2, 0.25) is 5.02 Å². The Hall–Kier alpha value is -3.49. The summed E-state index contributed by atoms with van der Waals surface area (Å²) in [4.78, 5) is 29.6. The summed E-state index contributed by atoms with van der Waals surface area (Å²) in [5, 5.41) is 10.1. The molecule has 0 saturated carbocycles. The zero-order valence-electron chi connectivity index (χ0n) is 18.2. The molecule has 9 heteroatoms. The van der Waals surface area contributed by atoms with Crippen LogP contribution >= 0.6 is 22.9 Å². The SMILES string of the molecule is C[C@]1(C(=O)NCc2ccc(Cl)cc2)Cn2nc(-c3cccs3)cc2C(=O)N1c1ccc(F)cc1. The smallest absolute Gasteiger partial charge is 0.277 e. The molecule has 4 aromatic rings. The van der Waals surface area contributed by atoms with Gasteiger partial charge in [-0.3, -0.25) is 19.2 Å². The summed E-state index contributed by atoms with van der Waals surface area (Å²) in [7, 11) is 0. The van der Waals surface area contributed by atoms with Crippen LogP contribution in [0.25, 0.3) is 10.6 Å². The largest absolute Gasteiger partial charge is 0.350 e. The molecule has 0 saturated heterocycles. The summed E-state index contributed by atoms with van der Waals surface area (Å²) in [6.07, 6.45) is 0. The second kappa shape index (κ2) is 8.70. The summed E-state index contributed by atoms with van der Waals surface area (Å²) in [5.74, 6) is -1.15. The highest BCUT2D eigenvalue weighted by atomic mass is 35.5. The predicted octanol–water partition coefficient (Wildman–Crippen LogP) is 5.14. The van der Waals surface area contributed by atoms with Crippen molar-refractivity contribution in [2.24, 2.45) is 0 Å². The highest BCUT2D eigenvalue weighted by molar-refractivity contribution is 7.13. The van der Waals surface area contributed by atoms with E-state index in [1.807, 2.05) is 29.6 Å². The summed E-state index contributed by atoms with van der Waals surface area (Å²) < 4.78 is 15.2. The lowest BCUT2D eigenvalue weighted by Crippen LogP contribution is -2.64. The number of carbonyl (C=O) groups excluding carboxylic acids is 2. The molecule has 0 aliphatic carbocycles. The van der Waals surface area contributed by atoms with Crippen LogP contribution < -0.4 is 10.2 Å². The average molecular weight is 495 g/mol. The molecular formula is C25H20ClFN4O2S. The van der Waals surface area contributed by atoms with Crippen LogP contribution in [0.15, 0.2) is 72.1 Å². The van der Waals surface area contributed by atoms with Crippen LogP contribution in [0, 0.1) is 5.82 Å². The topological polar surface area (TPSA) is 67.2 Å². The predicted molar refractivity (Wildman–Crippen MR) is 130 cm³/mol. The van der Waals surface area contributed by atoms with Gasteiger partial charge in [-0.1, -0.05) is 29.8 Å². The van der Waals surface area contributed by atoms with Crippen LogP contribution in [0.1, 0.15) is 23.0 Å². The summed E-state index contributed by atoms with van der Waals surface area (Å²) in [6, 6.07) is 18.3. The van der Waals surface area contributed by atoms with Crippen molar-refractivity contribution < 1.29 is 14.0 Å². The third kappa shape index (κ3) is 3.99. The Balaban J connectivity index is 1.52. The van der Waals surface area contributed by atoms with Gasteiger partial charge in [0.25, 0.3) is 5.91 Å². The number of nitrogens with one attached hydrogen (secondary N) is 1. The summed E-state index contributed by atoms with van der Waals surface area (Å²) in [6.45, 7) is 2.10. The molecule has 172 valence electrons. The van der Waals surface area contributed by atoms with Gasteiger partial charge >= 0.3 is 0 Å². The van der Waals surface area contributed by atoms with E-state index in [-0.39, 0.29) is 24.9 Å². The number of benzene rings is 2. The fourth-order valence-electron chi connectivity index (χ4n) is 4.10. The van der Waals surface area contributed by atoms with Crippen LogP contribution in [0.4, 0.5) is 10.1 Å².